The second-order valence-electron chi connectivity index (χ2n) is 7.85. The van der Waals surface area contributed by atoms with Crippen LogP contribution in [0.5, 0.6) is 0 Å². The monoisotopic (exact) mass is 434 g/mol. The molecule has 0 amide bonds. The van der Waals surface area contributed by atoms with Crippen molar-refractivity contribution in [3.8, 4) is 45.3 Å². The zero-order valence-corrected chi connectivity index (χ0v) is 18.2. The summed E-state index contributed by atoms with van der Waals surface area (Å²) in [4.78, 5) is 18.9. The fraction of sp³-hybridized carbons (Fsp3) is 0. The minimum Gasteiger partial charge on any atom is -0.256 e. The van der Waals surface area contributed by atoms with Gasteiger partial charge in [-0.2, -0.15) is 0 Å². The van der Waals surface area contributed by atoms with Crippen LogP contribution in [0.2, 0.25) is 0 Å². The Morgan fingerprint density at radius 2 is 1.18 bits per heavy atom. The van der Waals surface area contributed by atoms with Gasteiger partial charge in [-0.15, -0.1) is 0 Å². The minimum atomic E-state index is 0.608. The zero-order chi connectivity index (χ0) is 22.7. The molecule has 2 heterocycles. The quantitative estimate of drug-likeness (QED) is 0.310. The third kappa shape index (κ3) is 3.76. The van der Waals surface area contributed by atoms with E-state index in [4.69, 9.17) is 15.0 Å². The van der Waals surface area contributed by atoms with Crippen LogP contribution in [0.15, 0.2) is 109 Å². The van der Waals surface area contributed by atoms with Crippen molar-refractivity contribution in [2.45, 2.75) is 0 Å². The number of pyridine rings is 1. The van der Waals surface area contributed by atoms with Gasteiger partial charge in [0.05, 0.1) is 5.52 Å². The molecule has 0 bridgehead atoms. The van der Waals surface area contributed by atoms with Gasteiger partial charge in [-0.1, -0.05) is 91.0 Å². The first-order valence-corrected chi connectivity index (χ1v) is 11.0. The van der Waals surface area contributed by atoms with Crippen molar-refractivity contribution in [3.63, 3.8) is 0 Å². The summed E-state index contributed by atoms with van der Waals surface area (Å²) >= 11 is 0. The van der Waals surface area contributed by atoms with Gasteiger partial charge < -0.3 is 0 Å². The van der Waals surface area contributed by atoms with Gasteiger partial charge in [-0.05, 0) is 29.8 Å². The van der Waals surface area contributed by atoms with E-state index in [-0.39, 0.29) is 0 Å². The Morgan fingerprint density at radius 3 is 1.91 bits per heavy atom. The molecule has 4 heteroatoms. The summed E-state index contributed by atoms with van der Waals surface area (Å²) in [5.41, 5.74) is 5.92. The van der Waals surface area contributed by atoms with Crippen LogP contribution < -0.4 is 0 Å². The molecular formula is C30H18N4. The van der Waals surface area contributed by atoms with Crippen molar-refractivity contribution in [3.05, 3.63) is 121 Å². The maximum Gasteiger partial charge on any atom is 0.164 e. The summed E-state index contributed by atoms with van der Waals surface area (Å²) < 4.78 is 0. The number of nitrogens with zero attached hydrogens (tertiary/aromatic N) is 4. The molecule has 2 aromatic heterocycles. The van der Waals surface area contributed by atoms with Crippen molar-refractivity contribution >= 4 is 10.9 Å². The average molecular weight is 435 g/mol. The molecule has 0 atom stereocenters. The Morgan fingerprint density at radius 1 is 0.500 bits per heavy atom. The van der Waals surface area contributed by atoms with Gasteiger partial charge in [0.25, 0.3) is 0 Å². The molecule has 6 aromatic rings. The van der Waals surface area contributed by atoms with E-state index < -0.39 is 0 Å². The first kappa shape index (κ1) is 19.8. The van der Waals surface area contributed by atoms with E-state index in [0.29, 0.717) is 17.5 Å². The molecule has 0 aliphatic rings. The third-order valence-corrected chi connectivity index (χ3v) is 5.67. The lowest BCUT2D eigenvalue weighted by Crippen LogP contribution is -2.00. The van der Waals surface area contributed by atoms with Crippen LogP contribution in [-0.4, -0.2) is 19.9 Å². The minimum absolute atomic E-state index is 0.608. The molecule has 0 unspecified atom stereocenters. The number of rotatable bonds is 4. The lowest BCUT2D eigenvalue weighted by Gasteiger charge is -2.09. The van der Waals surface area contributed by atoms with Gasteiger partial charge in [0, 0.05) is 33.8 Å². The Balaban J connectivity index is 1.45. The standard InChI is InChI=1S/C30H18N4/c1-3-9-23(10-4-1)28-32-29(24-11-5-2-6-12-24)34-30(33-28)25-18-16-21(17-19-25)26-15-7-13-22-14-8-20-31-27(22)26/h1,3-5,7-20H. The van der Waals surface area contributed by atoms with E-state index in [1.165, 1.54) is 0 Å². The van der Waals surface area contributed by atoms with Gasteiger partial charge in [-0.3, -0.25) is 4.98 Å². The van der Waals surface area contributed by atoms with Crippen molar-refractivity contribution in [2.24, 2.45) is 0 Å². The normalized spacial score (nSPS) is 10.7. The lowest BCUT2D eigenvalue weighted by molar-refractivity contribution is 1.07. The fourth-order valence-corrected chi connectivity index (χ4v) is 3.97. The lowest BCUT2D eigenvalue weighted by atomic mass is 10.0. The number of hydrogen-bond acceptors (Lipinski definition) is 4. The van der Waals surface area contributed by atoms with Crippen LogP contribution in [0.3, 0.4) is 0 Å². The number of aromatic nitrogens is 4. The molecule has 6 rings (SSSR count). The summed E-state index contributed by atoms with van der Waals surface area (Å²) in [6.45, 7) is 0. The van der Waals surface area contributed by atoms with E-state index in [9.17, 15) is 0 Å². The smallest absolute Gasteiger partial charge is 0.164 e. The van der Waals surface area contributed by atoms with Crippen molar-refractivity contribution in [2.75, 3.05) is 0 Å². The molecule has 4 nitrogen and oxygen atoms in total. The molecule has 0 saturated carbocycles. The SMILES string of the molecule is c1ccc(-c2nc(-c3ccccc3)nc(-c3ccc(-c4cccc5cccnc45)cc3)n2)cc#1. The number of benzene rings is 3. The highest BCUT2D eigenvalue weighted by Gasteiger charge is 2.12. The van der Waals surface area contributed by atoms with E-state index in [1.54, 1.807) is 0 Å². The molecule has 0 spiro atoms. The predicted molar refractivity (Wildman–Crippen MR) is 135 cm³/mol. The highest BCUT2D eigenvalue weighted by Crippen LogP contribution is 2.30. The topological polar surface area (TPSA) is 51.6 Å². The first-order valence-electron chi connectivity index (χ1n) is 11.0. The number of fused-ring (bicyclic) bond motifs is 1. The van der Waals surface area contributed by atoms with E-state index in [0.717, 1.165) is 38.7 Å². The molecule has 0 N–H and O–H groups in total. The summed E-state index contributed by atoms with van der Waals surface area (Å²) in [5.74, 6) is 1.87. The number of para-hydroxylation sites is 1. The molecule has 0 aliphatic heterocycles. The highest BCUT2D eigenvalue weighted by atomic mass is 15.0. The van der Waals surface area contributed by atoms with Crippen LogP contribution in [0.4, 0.5) is 0 Å². The van der Waals surface area contributed by atoms with Crippen molar-refractivity contribution < 1.29 is 0 Å². The second-order valence-corrected chi connectivity index (χ2v) is 7.85. The Kier molecular flexibility index (Phi) is 4.99. The molecule has 34 heavy (non-hydrogen) atoms. The average Bonchev–Trinajstić information content (AvgIpc) is 2.93. The molecule has 0 aliphatic carbocycles. The summed E-state index contributed by atoms with van der Waals surface area (Å²) in [5, 5.41) is 1.12. The first-order chi connectivity index (χ1) is 16.8. The molecule has 0 fully saturated rings. The summed E-state index contributed by atoms with van der Waals surface area (Å²) in [6.07, 6.45) is 1.83. The number of hydrogen-bond donors (Lipinski definition) is 0. The summed E-state index contributed by atoms with van der Waals surface area (Å²) in [7, 11) is 0. The van der Waals surface area contributed by atoms with Gasteiger partial charge in [0.1, 0.15) is 0 Å². The third-order valence-electron chi connectivity index (χ3n) is 5.67. The maximum atomic E-state index is 4.80. The van der Waals surface area contributed by atoms with Gasteiger partial charge >= 0.3 is 0 Å². The predicted octanol–water partition coefficient (Wildman–Crippen LogP) is 6.69. The molecule has 0 saturated heterocycles. The second kappa shape index (κ2) is 8.57. The van der Waals surface area contributed by atoms with Crippen LogP contribution in [-0.2, 0) is 0 Å². The summed E-state index contributed by atoms with van der Waals surface area (Å²) in [6, 6.07) is 40.0. The Labute approximate surface area is 197 Å². The Hall–Kier alpha value is -4.88. The van der Waals surface area contributed by atoms with Crippen LogP contribution in [0, 0.1) is 12.1 Å². The van der Waals surface area contributed by atoms with Gasteiger partial charge in [0.2, 0.25) is 0 Å². The molecule has 158 valence electrons. The zero-order valence-electron chi connectivity index (χ0n) is 18.2. The van der Waals surface area contributed by atoms with E-state index in [2.05, 4.69) is 65.6 Å². The maximum absolute atomic E-state index is 4.80. The van der Waals surface area contributed by atoms with Crippen LogP contribution in [0.1, 0.15) is 0 Å². The molecule has 0 radical (unpaired) electrons. The van der Waals surface area contributed by atoms with E-state index >= 15 is 0 Å². The van der Waals surface area contributed by atoms with E-state index in [1.807, 2.05) is 60.8 Å². The van der Waals surface area contributed by atoms with Gasteiger partial charge in [-0.25, -0.2) is 15.0 Å². The van der Waals surface area contributed by atoms with Crippen LogP contribution in [0.25, 0.3) is 56.2 Å². The Bertz CT molecular complexity index is 1520. The van der Waals surface area contributed by atoms with Crippen molar-refractivity contribution in [1.82, 2.24) is 19.9 Å². The largest absolute Gasteiger partial charge is 0.256 e. The van der Waals surface area contributed by atoms with Crippen LogP contribution >= 0.6 is 0 Å². The molecule has 4 aromatic carbocycles. The van der Waals surface area contributed by atoms with Gasteiger partial charge in [0.15, 0.2) is 17.5 Å². The fourth-order valence-electron chi connectivity index (χ4n) is 3.97. The van der Waals surface area contributed by atoms with Crippen molar-refractivity contribution in [1.29, 1.82) is 0 Å². The highest BCUT2D eigenvalue weighted by molar-refractivity contribution is 5.93. The molecular weight excluding hydrogens is 416 g/mol.